The molecule has 132 valence electrons. The van der Waals surface area contributed by atoms with Gasteiger partial charge in [0.1, 0.15) is 0 Å². The Kier molecular flexibility index (Phi) is 5.53. The van der Waals surface area contributed by atoms with Gasteiger partial charge in [-0.25, -0.2) is 0 Å². The fraction of sp³-hybridized carbons (Fsp3) is 0.533. The van der Waals surface area contributed by atoms with Gasteiger partial charge < -0.3 is 0 Å². The standard InChI is InChI=1S/C15H19NO7Se/c17-7-9-11(18)12(19)13(20)15(23-9)22-6-5-16-14(21)8-3-1-2-4-10(8)24-16/h1-4,9,11-13,15,17-20H,5-7H2/t9-,11-,12+,13-,15-/m1/s1. The van der Waals surface area contributed by atoms with E-state index in [-0.39, 0.29) is 26.9 Å². The van der Waals surface area contributed by atoms with Crippen LogP contribution in [-0.2, 0) is 16.0 Å². The van der Waals surface area contributed by atoms with Gasteiger partial charge in [-0.1, -0.05) is 0 Å². The molecule has 8 nitrogen and oxygen atoms in total. The van der Waals surface area contributed by atoms with Gasteiger partial charge in [-0.05, 0) is 0 Å². The molecule has 2 aromatic rings. The quantitative estimate of drug-likeness (QED) is 0.421. The van der Waals surface area contributed by atoms with Crippen molar-refractivity contribution in [2.75, 3.05) is 13.2 Å². The number of benzene rings is 1. The molecule has 1 saturated heterocycles. The number of fused-ring (bicyclic) bond motifs is 1. The van der Waals surface area contributed by atoms with E-state index in [0.717, 1.165) is 4.26 Å². The Balaban J connectivity index is 1.63. The molecular formula is C15H19NO7Se. The molecule has 1 aromatic heterocycles. The van der Waals surface area contributed by atoms with Crippen LogP contribution in [0.1, 0.15) is 0 Å². The van der Waals surface area contributed by atoms with Crippen LogP contribution < -0.4 is 5.56 Å². The summed E-state index contributed by atoms with van der Waals surface area (Å²) >= 11 is -0.119. The van der Waals surface area contributed by atoms with Gasteiger partial charge in [0.25, 0.3) is 0 Å². The van der Waals surface area contributed by atoms with Gasteiger partial charge in [-0.15, -0.1) is 0 Å². The first-order chi connectivity index (χ1) is 11.5. The number of aliphatic hydroxyl groups excluding tert-OH is 4. The van der Waals surface area contributed by atoms with Gasteiger partial charge in [0.05, 0.1) is 0 Å². The number of hydrogen-bond acceptors (Lipinski definition) is 7. The van der Waals surface area contributed by atoms with E-state index in [1.807, 2.05) is 18.2 Å². The van der Waals surface area contributed by atoms with Crippen LogP contribution in [0.4, 0.5) is 0 Å². The maximum absolute atomic E-state index is 12.2. The number of rotatable bonds is 5. The molecule has 2 heterocycles. The van der Waals surface area contributed by atoms with Crippen molar-refractivity contribution >= 4 is 24.4 Å². The van der Waals surface area contributed by atoms with E-state index in [2.05, 4.69) is 0 Å². The van der Waals surface area contributed by atoms with Crippen molar-refractivity contribution in [3.05, 3.63) is 34.6 Å². The topological polar surface area (TPSA) is 121 Å². The van der Waals surface area contributed by atoms with E-state index in [0.29, 0.717) is 11.9 Å². The zero-order valence-corrected chi connectivity index (χ0v) is 14.4. The van der Waals surface area contributed by atoms with Crippen LogP contribution in [0.15, 0.2) is 29.1 Å². The van der Waals surface area contributed by atoms with Crippen molar-refractivity contribution < 1.29 is 29.9 Å². The first-order valence-electron chi connectivity index (χ1n) is 7.54. The zero-order chi connectivity index (χ0) is 17.3. The number of hydrogen-bond donors (Lipinski definition) is 4. The monoisotopic (exact) mass is 405 g/mol. The summed E-state index contributed by atoms with van der Waals surface area (Å²) in [5.74, 6) is 0. The fourth-order valence-electron chi connectivity index (χ4n) is 2.62. The molecule has 1 fully saturated rings. The molecule has 0 radical (unpaired) electrons. The number of nitrogens with zero attached hydrogens (tertiary/aromatic N) is 1. The molecule has 0 amide bonds. The molecule has 0 bridgehead atoms. The Morgan fingerprint density at radius 1 is 1.17 bits per heavy atom. The second kappa shape index (κ2) is 7.47. The minimum absolute atomic E-state index is 0.0528. The molecule has 5 atom stereocenters. The first-order valence-corrected chi connectivity index (χ1v) is 9.16. The molecule has 0 aliphatic carbocycles. The molecule has 0 spiro atoms. The Bertz CT molecular complexity index is 743. The van der Waals surface area contributed by atoms with E-state index >= 15 is 0 Å². The number of aromatic nitrogens is 1. The minimum atomic E-state index is -1.47. The fourth-order valence-corrected chi connectivity index (χ4v) is 4.67. The average Bonchev–Trinajstić information content (AvgIpc) is 2.91. The van der Waals surface area contributed by atoms with Crippen molar-refractivity contribution in [1.82, 2.24) is 3.56 Å². The first kappa shape index (κ1) is 17.8. The van der Waals surface area contributed by atoms with Crippen LogP contribution >= 0.6 is 0 Å². The third-order valence-corrected chi connectivity index (χ3v) is 6.33. The Labute approximate surface area is 143 Å². The molecule has 1 aromatic carbocycles. The number of ether oxygens (including phenoxy) is 2. The second-order valence-electron chi connectivity index (χ2n) is 5.56. The van der Waals surface area contributed by atoms with Crippen LogP contribution in [0.5, 0.6) is 0 Å². The number of aliphatic hydroxyl groups is 4. The van der Waals surface area contributed by atoms with Gasteiger partial charge >= 0.3 is 143 Å². The van der Waals surface area contributed by atoms with Crippen molar-refractivity contribution in [2.45, 2.75) is 37.3 Å². The second-order valence-corrected chi connectivity index (χ2v) is 7.79. The summed E-state index contributed by atoms with van der Waals surface area (Å²) in [5.41, 5.74) is -0.0528. The Hall–Kier alpha value is -1.03. The van der Waals surface area contributed by atoms with Crippen molar-refractivity contribution in [1.29, 1.82) is 0 Å². The molecule has 3 rings (SSSR count). The van der Waals surface area contributed by atoms with Crippen molar-refractivity contribution in [3.8, 4) is 0 Å². The van der Waals surface area contributed by atoms with Gasteiger partial charge in [0.15, 0.2) is 0 Å². The van der Waals surface area contributed by atoms with Crippen LogP contribution in [0.2, 0.25) is 0 Å². The van der Waals surface area contributed by atoms with E-state index < -0.39 is 37.3 Å². The summed E-state index contributed by atoms with van der Waals surface area (Å²) in [7, 11) is 0. The Morgan fingerprint density at radius 3 is 2.62 bits per heavy atom. The van der Waals surface area contributed by atoms with E-state index in [1.54, 1.807) is 9.63 Å². The summed E-state index contributed by atoms with van der Waals surface area (Å²) < 4.78 is 13.4. The third kappa shape index (κ3) is 3.35. The Morgan fingerprint density at radius 2 is 1.92 bits per heavy atom. The normalized spacial score (nSPS) is 30.8. The van der Waals surface area contributed by atoms with Crippen LogP contribution in [0.3, 0.4) is 0 Å². The van der Waals surface area contributed by atoms with E-state index in [9.17, 15) is 20.1 Å². The summed E-state index contributed by atoms with van der Waals surface area (Å²) in [6.45, 7) is -0.0828. The summed E-state index contributed by atoms with van der Waals surface area (Å²) in [4.78, 5) is 12.2. The molecule has 1 aliphatic rings. The molecule has 0 saturated carbocycles. The van der Waals surface area contributed by atoms with Crippen LogP contribution in [-0.4, -0.2) is 82.6 Å². The van der Waals surface area contributed by atoms with E-state index in [4.69, 9.17) is 14.6 Å². The SMILES string of the molecule is O=c1c2ccccc2[se]n1CCO[C@@H]1O[C@H](CO)[C@@H](O)[C@H](O)[C@H]1O. The maximum atomic E-state index is 12.2. The molecular weight excluding hydrogens is 385 g/mol. The summed E-state index contributed by atoms with van der Waals surface area (Å²) in [6, 6.07) is 7.42. The van der Waals surface area contributed by atoms with Gasteiger partial charge in [-0.3, -0.25) is 0 Å². The molecule has 4 N–H and O–H groups in total. The van der Waals surface area contributed by atoms with Crippen molar-refractivity contribution in [3.63, 3.8) is 0 Å². The molecule has 9 heteroatoms. The average molecular weight is 404 g/mol. The molecule has 0 unspecified atom stereocenters. The van der Waals surface area contributed by atoms with E-state index in [1.165, 1.54) is 0 Å². The molecule has 24 heavy (non-hydrogen) atoms. The summed E-state index contributed by atoms with van der Waals surface area (Å²) in [6.07, 6.45) is -6.49. The van der Waals surface area contributed by atoms with Gasteiger partial charge in [-0.2, -0.15) is 0 Å². The molecule has 1 aliphatic heterocycles. The van der Waals surface area contributed by atoms with Crippen LogP contribution in [0.25, 0.3) is 9.65 Å². The van der Waals surface area contributed by atoms with Gasteiger partial charge in [0, 0.05) is 0 Å². The third-order valence-electron chi connectivity index (χ3n) is 3.98. The zero-order valence-electron chi connectivity index (χ0n) is 12.7. The summed E-state index contributed by atoms with van der Waals surface area (Å²) in [5, 5.41) is 39.1. The van der Waals surface area contributed by atoms with Crippen molar-refractivity contribution in [2.24, 2.45) is 0 Å². The van der Waals surface area contributed by atoms with Gasteiger partial charge in [0.2, 0.25) is 0 Å². The predicted molar refractivity (Wildman–Crippen MR) is 84.9 cm³/mol. The predicted octanol–water partition coefficient (Wildman–Crippen LogP) is -2.12. The van der Waals surface area contributed by atoms with Crippen LogP contribution in [0, 0.1) is 0 Å².